The van der Waals surface area contributed by atoms with Crippen molar-refractivity contribution in [1.82, 2.24) is 4.31 Å². The molecule has 0 saturated carbocycles. The Balaban J connectivity index is 1.55. The van der Waals surface area contributed by atoms with Crippen LogP contribution in [0.1, 0.15) is 29.7 Å². The average molecular weight is 459 g/mol. The molecule has 3 aromatic carbocycles. The van der Waals surface area contributed by atoms with E-state index in [1.165, 1.54) is 9.21 Å². The number of sulfonamides is 1. The molecule has 3 aromatic rings. The topological polar surface area (TPSA) is 74.8 Å². The highest BCUT2D eigenvalue weighted by molar-refractivity contribution is 7.89. The van der Waals surface area contributed by atoms with Gasteiger partial charge in [0, 0.05) is 0 Å². The van der Waals surface area contributed by atoms with Crippen molar-refractivity contribution >= 4 is 27.5 Å². The monoisotopic (exact) mass is 458 g/mol. The summed E-state index contributed by atoms with van der Waals surface area (Å²) < 4.78 is 29.4. The number of aryl methyl sites for hydroxylation is 1. The molecule has 2 fully saturated rings. The number of hydrogen-bond donors (Lipinski definition) is 0. The summed E-state index contributed by atoms with van der Waals surface area (Å²) >= 11 is 0. The van der Waals surface area contributed by atoms with E-state index in [0.29, 0.717) is 5.69 Å². The van der Waals surface area contributed by atoms with Crippen LogP contribution in [0.15, 0.2) is 83.8 Å². The van der Waals surface area contributed by atoms with Gasteiger partial charge in [-0.25, -0.2) is 13.3 Å². The van der Waals surface area contributed by atoms with Crippen LogP contribution in [0.25, 0.3) is 0 Å². The molecule has 0 radical (unpaired) electrons. The lowest BCUT2D eigenvalue weighted by molar-refractivity contribution is -0.124. The number of carbonyl (C=O) groups is 2. The standard InChI is InChI=1S/C26H22N2O4S/c1-16-12-14-18(15-13-16)33(31,32)28-23-19-10-6-7-11-20(19)26(28,2)22-21(23)24(29)27(25(22)30)17-8-4-3-5-9-17/h3-15,21-23H,1-2H3/t21-,22-,23-,26+/m1/s1. The first-order valence-electron chi connectivity index (χ1n) is 10.9. The fourth-order valence-corrected chi connectivity index (χ4v) is 8.01. The van der Waals surface area contributed by atoms with Gasteiger partial charge in [-0.15, -0.1) is 0 Å². The Bertz CT molecular complexity index is 1420. The lowest BCUT2D eigenvalue weighted by Gasteiger charge is -2.35. The zero-order valence-electron chi connectivity index (χ0n) is 18.2. The zero-order chi connectivity index (χ0) is 23.1. The molecule has 4 atom stereocenters. The van der Waals surface area contributed by atoms with E-state index in [2.05, 4.69) is 0 Å². The van der Waals surface area contributed by atoms with Crippen molar-refractivity contribution in [3.63, 3.8) is 0 Å². The number of fused-ring (bicyclic) bond motifs is 8. The molecule has 0 unspecified atom stereocenters. The lowest BCUT2D eigenvalue weighted by atomic mass is 9.70. The van der Waals surface area contributed by atoms with E-state index < -0.39 is 33.4 Å². The highest BCUT2D eigenvalue weighted by Crippen LogP contribution is 2.66. The van der Waals surface area contributed by atoms with E-state index in [0.717, 1.165) is 16.7 Å². The van der Waals surface area contributed by atoms with Crippen molar-refractivity contribution in [1.29, 1.82) is 0 Å². The number of imide groups is 1. The third-order valence-corrected chi connectivity index (χ3v) is 9.42. The third-order valence-electron chi connectivity index (χ3n) is 7.42. The van der Waals surface area contributed by atoms with Gasteiger partial charge < -0.3 is 0 Å². The van der Waals surface area contributed by atoms with Crippen LogP contribution >= 0.6 is 0 Å². The molecule has 6 nitrogen and oxygen atoms in total. The van der Waals surface area contributed by atoms with Crippen molar-refractivity contribution in [3.8, 4) is 0 Å². The second-order valence-corrected chi connectivity index (χ2v) is 11.0. The normalized spacial score (nSPS) is 28.3. The fourth-order valence-electron chi connectivity index (χ4n) is 6.05. The summed E-state index contributed by atoms with van der Waals surface area (Å²) in [6.45, 7) is 3.69. The number of rotatable bonds is 3. The van der Waals surface area contributed by atoms with Gasteiger partial charge in [0.25, 0.3) is 0 Å². The van der Waals surface area contributed by atoms with Crippen LogP contribution in [0.5, 0.6) is 0 Å². The molecular formula is C26H22N2O4S. The minimum absolute atomic E-state index is 0.164. The molecule has 33 heavy (non-hydrogen) atoms. The smallest absolute Gasteiger partial charge is 0.244 e. The van der Waals surface area contributed by atoms with Gasteiger partial charge >= 0.3 is 0 Å². The Morgan fingerprint density at radius 1 is 0.818 bits per heavy atom. The lowest BCUT2D eigenvalue weighted by Crippen LogP contribution is -2.47. The minimum atomic E-state index is -3.98. The second-order valence-electron chi connectivity index (χ2n) is 9.14. The van der Waals surface area contributed by atoms with Gasteiger partial charge in [-0.3, -0.25) is 9.59 Å². The molecule has 7 heteroatoms. The number of amides is 2. The van der Waals surface area contributed by atoms with Crippen molar-refractivity contribution in [2.45, 2.75) is 30.3 Å². The molecule has 0 spiro atoms. The SMILES string of the molecule is Cc1ccc(S(=O)(=O)N2[C@@H]3c4ccccc4[C@@]2(C)[C@H]2C(=O)N(c4ccccc4)C(=O)[C@@H]32)cc1. The van der Waals surface area contributed by atoms with Gasteiger partial charge in [-0.1, -0.05) is 60.2 Å². The van der Waals surface area contributed by atoms with Gasteiger partial charge in [0.2, 0.25) is 21.8 Å². The van der Waals surface area contributed by atoms with Gasteiger partial charge in [-0.2, -0.15) is 4.31 Å². The number of para-hydroxylation sites is 1. The van der Waals surface area contributed by atoms with Crippen LogP contribution in [-0.2, 0) is 25.2 Å². The van der Waals surface area contributed by atoms with Crippen molar-refractivity contribution in [2.75, 3.05) is 4.90 Å². The maximum atomic E-state index is 14.0. The Morgan fingerprint density at radius 2 is 1.45 bits per heavy atom. The molecule has 0 N–H and O–H groups in total. The molecule has 3 aliphatic rings. The van der Waals surface area contributed by atoms with Crippen molar-refractivity contribution < 1.29 is 18.0 Å². The second kappa shape index (κ2) is 6.62. The van der Waals surface area contributed by atoms with E-state index in [9.17, 15) is 18.0 Å². The van der Waals surface area contributed by atoms with E-state index in [4.69, 9.17) is 0 Å². The Hall–Kier alpha value is -3.29. The van der Waals surface area contributed by atoms with Crippen LogP contribution in [-0.4, -0.2) is 24.5 Å². The number of anilines is 1. The maximum absolute atomic E-state index is 14.0. The summed E-state index contributed by atoms with van der Waals surface area (Å²) in [4.78, 5) is 28.8. The average Bonchev–Trinajstić information content (AvgIpc) is 3.36. The highest BCUT2D eigenvalue weighted by Gasteiger charge is 2.74. The van der Waals surface area contributed by atoms with E-state index >= 15 is 0 Å². The molecule has 166 valence electrons. The van der Waals surface area contributed by atoms with Crippen LogP contribution in [0, 0.1) is 18.8 Å². The van der Waals surface area contributed by atoms with E-state index in [1.807, 2.05) is 37.3 Å². The molecule has 2 saturated heterocycles. The van der Waals surface area contributed by atoms with E-state index in [1.54, 1.807) is 55.5 Å². The van der Waals surface area contributed by atoms with Gasteiger partial charge in [0.05, 0.1) is 34.0 Å². The summed E-state index contributed by atoms with van der Waals surface area (Å²) in [5.74, 6) is -2.24. The minimum Gasteiger partial charge on any atom is -0.274 e. The highest BCUT2D eigenvalue weighted by atomic mass is 32.2. The quantitative estimate of drug-likeness (QED) is 0.560. The molecule has 3 aliphatic heterocycles. The number of hydrogen-bond acceptors (Lipinski definition) is 4. The van der Waals surface area contributed by atoms with Crippen LogP contribution in [0.4, 0.5) is 5.69 Å². The first-order chi connectivity index (χ1) is 15.8. The predicted molar refractivity (Wildman–Crippen MR) is 123 cm³/mol. The van der Waals surface area contributed by atoms with Gasteiger partial charge in [0.15, 0.2) is 0 Å². The molecule has 2 amide bonds. The molecule has 3 heterocycles. The number of carbonyl (C=O) groups excluding carboxylic acids is 2. The molecule has 0 aliphatic carbocycles. The van der Waals surface area contributed by atoms with Crippen molar-refractivity contribution in [2.24, 2.45) is 11.8 Å². The van der Waals surface area contributed by atoms with Crippen LogP contribution < -0.4 is 4.90 Å². The van der Waals surface area contributed by atoms with E-state index in [-0.39, 0.29) is 16.7 Å². The van der Waals surface area contributed by atoms with Crippen LogP contribution in [0.3, 0.4) is 0 Å². The fraction of sp³-hybridized carbons (Fsp3) is 0.231. The van der Waals surface area contributed by atoms with Gasteiger partial charge in [-0.05, 0) is 49.2 Å². The summed E-state index contributed by atoms with van der Waals surface area (Å²) in [5, 5.41) is 0. The summed E-state index contributed by atoms with van der Waals surface area (Å²) in [6.07, 6.45) is 0. The number of benzene rings is 3. The van der Waals surface area contributed by atoms with Crippen molar-refractivity contribution in [3.05, 3.63) is 95.6 Å². The summed E-state index contributed by atoms with van der Waals surface area (Å²) in [5.41, 5.74) is 1.90. The Labute approximate surface area is 192 Å². The third kappa shape index (κ3) is 2.44. The Morgan fingerprint density at radius 3 is 2.15 bits per heavy atom. The maximum Gasteiger partial charge on any atom is 0.244 e. The molecule has 0 aromatic heterocycles. The van der Waals surface area contributed by atoms with Crippen LogP contribution in [0.2, 0.25) is 0 Å². The zero-order valence-corrected chi connectivity index (χ0v) is 19.0. The van der Waals surface area contributed by atoms with Gasteiger partial charge in [0.1, 0.15) is 0 Å². The Kier molecular flexibility index (Phi) is 4.08. The largest absolute Gasteiger partial charge is 0.274 e. The summed E-state index contributed by atoms with van der Waals surface area (Å²) in [7, 11) is -3.98. The molecule has 2 bridgehead atoms. The first kappa shape index (κ1) is 20.3. The predicted octanol–water partition coefficient (Wildman–Crippen LogP) is 3.78. The number of nitrogens with zero attached hydrogens (tertiary/aromatic N) is 2. The molecular weight excluding hydrogens is 436 g/mol. The molecule has 6 rings (SSSR count). The first-order valence-corrected chi connectivity index (χ1v) is 12.4. The summed E-state index contributed by atoms with van der Waals surface area (Å²) in [6, 6.07) is 22.3.